The predicted molar refractivity (Wildman–Crippen MR) is 86.7 cm³/mol. The molecule has 1 heterocycles. The molecule has 0 saturated heterocycles. The van der Waals surface area contributed by atoms with Gasteiger partial charge < -0.3 is 18.5 Å². The van der Waals surface area contributed by atoms with Crippen LogP contribution in [0.4, 0.5) is 4.39 Å². The molecule has 0 aliphatic rings. The van der Waals surface area contributed by atoms with E-state index in [1.165, 1.54) is 43.8 Å². The van der Waals surface area contributed by atoms with E-state index in [-0.39, 0.29) is 5.75 Å². The molecule has 130 valence electrons. The Morgan fingerprint density at radius 2 is 1.92 bits per heavy atom. The summed E-state index contributed by atoms with van der Waals surface area (Å²) in [6.07, 6.45) is 0. The minimum atomic E-state index is -3.70. The van der Waals surface area contributed by atoms with E-state index in [1.54, 1.807) is 23.6 Å². The van der Waals surface area contributed by atoms with Gasteiger partial charge in [0, 0.05) is 14.2 Å². The van der Waals surface area contributed by atoms with Crippen molar-refractivity contribution in [3.63, 3.8) is 0 Å². The quantitative estimate of drug-likeness (QED) is 0.514. The lowest BCUT2D eigenvalue weighted by Gasteiger charge is -2.23. The van der Waals surface area contributed by atoms with Crippen molar-refractivity contribution < 1.29 is 32.3 Å². The van der Waals surface area contributed by atoms with E-state index in [0.29, 0.717) is 4.88 Å². The highest BCUT2D eigenvalue weighted by Crippen LogP contribution is 2.61. The number of rotatable bonds is 8. The van der Waals surface area contributed by atoms with Gasteiger partial charge in [-0.05, 0) is 23.6 Å². The second-order valence-corrected chi connectivity index (χ2v) is 7.74. The van der Waals surface area contributed by atoms with E-state index in [2.05, 4.69) is 0 Å². The molecule has 9 heteroatoms. The Kier molecular flexibility index (Phi) is 6.51. The highest BCUT2D eigenvalue weighted by Gasteiger charge is 2.39. The number of thiophene rings is 1. The molecular formula is C15H16FO6PS. The van der Waals surface area contributed by atoms with Crippen LogP contribution >= 0.6 is 18.9 Å². The van der Waals surface area contributed by atoms with Crippen LogP contribution in [0.15, 0.2) is 41.8 Å². The van der Waals surface area contributed by atoms with Crippen LogP contribution in [0.5, 0.6) is 5.75 Å². The molecule has 0 spiro atoms. The summed E-state index contributed by atoms with van der Waals surface area (Å²) >= 11 is 1.24. The zero-order chi connectivity index (χ0) is 17.6. The highest BCUT2D eigenvalue weighted by atomic mass is 32.1. The highest BCUT2D eigenvalue weighted by molar-refractivity contribution is 7.54. The van der Waals surface area contributed by atoms with E-state index in [0.717, 1.165) is 0 Å². The normalized spacial score (nSPS) is 12.6. The molecule has 1 unspecified atom stereocenters. The average Bonchev–Trinajstić information content (AvgIpc) is 3.12. The Balaban J connectivity index is 2.08. The van der Waals surface area contributed by atoms with E-state index >= 15 is 0 Å². The van der Waals surface area contributed by atoms with E-state index in [1.807, 2.05) is 0 Å². The molecule has 1 aromatic heterocycles. The monoisotopic (exact) mass is 374 g/mol. The van der Waals surface area contributed by atoms with Gasteiger partial charge in [0.25, 0.3) is 0 Å². The van der Waals surface area contributed by atoms with Crippen molar-refractivity contribution in [2.75, 3.05) is 20.8 Å². The Labute approximate surface area is 142 Å². The lowest BCUT2D eigenvalue weighted by atomic mass is 10.3. The molecule has 0 bridgehead atoms. The lowest BCUT2D eigenvalue weighted by molar-refractivity contribution is -0.149. The molecule has 0 amide bonds. The van der Waals surface area contributed by atoms with Crippen LogP contribution in [-0.2, 0) is 23.1 Å². The van der Waals surface area contributed by atoms with E-state index < -0.39 is 31.8 Å². The number of ether oxygens (including phenoxy) is 2. The molecule has 0 aliphatic carbocycles. The Morgan fingerprint density at radius 3 is 2.50 bits per heavy atom. The van der Waals surface area contributed by atoms with Gasteiger partial charge in [-0.1, -0.05) is 18.2 Å². The summed E-state index contributed by atoms with van der Waals surface area (Å²) in [4.78, 5) is 12.5. The Hall–Kier alpha value is -1.73. The van der Waals surface area contributed by atoms with Crippen LogP contribution in [0.25, 0.3) is 0 Å². The maximum absolute atomic E-state index is 13.5. The van der Waals surface area contributed by atoms with Gasteiger partial charge in [0.2, 0.25) is 5.85 Å². The van der Waals surface area contributed by atoms with Crippen LogP contribution in [0.2, 0.25) is 0 Å². The third kappa shape index (κ3) is 4.42. The van der Waals surface area contributed by atoms with Gasteiger partial charge in [0.15, 0.2) is 18.2 Å². The largest absolute Gasteiger partial charge is 0.479 e. The first-order chi connectivity index (χ1) is 11.5. The van der Waals surface area contributed by atoms with Gasteiger partial charge in [-0.2, -0.15) is 0 Å². The number of hydrogen-bond donors (Lipinski definition) is 0. The standard InChI is InChI=1S/C15H16FO6PS/c1-19-23(18,20-2)15(13-8-5-9-24-13)22-14(17)10-21-12-7-4-3-6-11(12)16/h3-9,15H,10H2,1-2H3. The number of carbonyl (C=O) groups is 1. The second kappa shape index (κ2) is 8.39. The van der Waals surface area contributed by atoms with Crippen LogP contribution < -0.4 is 4.74 Å². The molecule has 1 aromatic carbocycles. The van der Waals surface area contributed by atoms with Gasteiger partial charge in [-0.3, -0.25) is 4.57 Å². The maximum atomic E-state index is 13.5. The third-order valence-corrected chi connectivity index (χ3v) is 6.07. The molecule has 2 aromatic rings. The molecular weight excluding hydrogens is 358 g/mol. The van der Waals surface area contributed by atoms with Crippen molar-refractivity contribution >= 4 is 24.9 Å². The Bertz CT molecular complexity index is 713. The first kappa shape index (κ1) is 18.6. The van der Waals surface area contributed by atoms with Crippen LogP contribution in [0, 0.1) is 5.82 Å². The summed E-state index contributed by atoms with van der Waals surface area (Å²) in [5.41, 5.74) is 0. The molecule has 0 aliphatic heterocycles. The average molecular weight is 374 g/mol. The van der Waals surface area contributed by atoms with Crippen LogP contribution in [0.1, 0.15) is 10.7 Å². The van der Waals surface area contributed by atoms with Crippen molar-refractivity contribution in [3.05, 3.63) is 52.5 Å². The zero-order valence-corrected chi connectivity index (χ0v) is 14.7. The van der Waals surface area contributed by atoms with E-state index in [4.69, 9.17) is 18.5 Å². The second-order valence-electron chi connectivity index (χ2n) is 4.48. The molecule has 0 saturated carbocycles. The number of para-hydroxylation sites is 1. The first-order valence-electron chi connectivity index (χ1n) is 6.81. The number of esters is 1. The summed E-state index contributed by atoms with van der Waals surface area (Å²) in [5, 5.41) is 1.74. The van der Waals surface area contributed by atoms with Crippen molar-refractivity contribution in [2.24, 2.45) is 0 Å². The summed E-state index contributed by atoms with van der Waals surface area (Å²) in [6, 6.07) is 9.02. The van der Waals surface area contributed by atoms with Gasteiger partial charge >= 0.3 is 13.6 Å². The number of carbonyl (C=O) groups excluding carboxylic acids is 1. The molecule has 6 nitrogen and oxygen atoms in total. The topological polar surface area (TPSA) is 71.1 Å². The molecule has 0 N–H and O–H groups in total. The van der Waals surface area contributed by atoms with Crippen LogP contribution in [0.3, 0.4) is 0 Å². The van der Waals surface area contributed by atoms with Crippen molar-refractivity contribution in [2.45, 2.75) is 5.85 Å². The fourth-order valence-corrected chi connectivity index (χ4v) is 4.22. The van der Waals surface area contributed by atoms with Gasteiger partial charge in [0.05, 0.1) is 4.88 Å². The summed E-state index contributed by atoms with van der Waals surface area (Å²) < 4.78 is 46.2. The summed E-state index contributed by atoms with van der Waals surface area (Å²) in [5.74, 6) is -2.72. The third-order valence-electron chi connectivity index (χ3n) is 3.01. The minimum Gasteiger partial charge on any atom is -0.479 e. The van der Waals surface area contributed by atoms with Gasteiger partial charge in [-0.25, -0.2) is 9.18 Å². The maximum Gasteiger partial charge on any atom is 0.375 e. The molecule has 2 rings (SSSR count). The van der Waals surface area contributed by atoms with Crippen molar-refractivity contribution in [1.82, 2.24) is 0 Å². The summed E-state index contributed by atoms with van der Waals surface area (Å²) in [6.45, 7) is -0.545. The Morgan fingerprint density at radius 1 is 1.21 bits per heavy atom. The SMILES string of the molecule is COP(=O)(OC)C(OC(=O)COc1ccccc1F)c1cccs1. The predicted octanol–water partition coefficient (Wildman–Crippen LogP) is 3.99. The fraction of sp³-hybridized carbons (Fsp3) is 0.267. The van der Waals surface area contributed by atoms with Gasteiger partial charge in [-0.15, -0.1) is 11.3 Å². The number of hydrogen-bond acceptors (Lipinski definition) is 7. The minimum absolute atomic E-state index is 0.0798. The van der Waals surface area contributed by atoms with Crippen molar-refractivity contribution in [3.8, 4) is 5.75 Å². The smallest absolute Gasteiger partial charge is 0.375 e. The van der Waals surface area contributed by atoms with Gasteiger partial charge in [0.1, 0.15) is 0 Å². The zero-order valence-electron chi connectivity index (χ0n) is 13.0. The molecule has 0 fully saturated rings. The van der Waals surface area contributed by atoms with Crippen LogP contribution in [-0.4, -0.2) is 26.8 Å². The number of halogens is 1. The first-order valence-corrected chi connectivity index (χ1v) is 9.30. The lowest BCUT2D eigenvalue weighted by Crippen LogP contribution is -2.19. The summed E-state index contributed by atoms with van der Waals surface area (Å²) in [7, 11) is -1.30. The van der Waals surface area contributed by atoms with Crippen molar-refractivity contribution in [1.29, 1.82) is 0 Å². The molecule has 24 heavy (non-hydrogen) atoms. The molecule has 0 radical (unpaired) electrons. The molecule has 1 atom stereocenters. The number of benzene rings is 1. The van der Waals surface area contributed by atoms with E-state index in [9.17, 15) is 13.8 Å². The fourth-order valence-electron chi connectivity index (χ4n) is 1.83.